The Balaban J connectivity index is 1.23. The fourth-order valence-corrected chi connectivity index (χ4v) is 5.95. The zero-order valence-electron chi connectivity index (χ0n) is 21.1. The molecule has 2 amide bonds. The van der Waals surface area contributed by atoms with Crippen LogP contribution in [0.15, 0.2) is 54.6 Å². The molecule has 38 heavy (non-hydrogen) atoms. The van der Waals surface area contributed by atoms with Gasteiger partial charge in [-0.25, -0.2) is 13.9 Å². The van der Waals surface area contributed by atoms with Crippen LogP contribution in [0.2, 0.25) is 0 Å². The standard InChI is InChI=1S/C30H28FN5O2/c1-16-21-5-3-2-4-17(21)10-11-35(16)30(38)20-13-26(18-6-7-18)36-27(14-20)33-29(34-36)22-9-8-19(12-25(22)31)23-15-24(23)28(32)37/h2-5,8-9,12-14,16,18,23-24H,6-7,10-11,15H2,1H3,(H2,32,37)/t16-,23+,24-/m1/s1. The van der Waals surface area contributed by atoms with Crippen LogP contribution in [0.1, 0.15) is 76.8 Å². The van der Waals surface area contributed by atoms with Gasteiger partial charge in [-0.1, -0.05) is 30.3 Å². The van der Waals surface area contributed by atoms with Crippen molar-refractivity contribution in [2.45, 2.75) is 50.5 Å². The Morgan fingerprint density at radius 1 is 1.08 bits per heavy atom. The first-order chi connectivity index (χ1) is 18.4. The molecule has 4 aromatic rings. The lowest BCUT2D eigenvalue weighted by Gasteiger charge is -2.35. The molecule has 2 saturated carbocycles. The molecular weight excluding hydrogens is 481 g/mol. The van der Waals surface area contributed by atoms with Crippen molar-refractivity contribution in [3.63, 3.8) is 0 Å². The predicted molar refractivity (Wildman–Crippen MR) is 140 cm³/mol. The van der Waals surface area contributed by atoms with E-state index >= 15 is 4.39 Å². The minimum Gasteiger partial charge on any atom is -0.369 e. The lowest BCUT2D eigenvalue weighted by molar-refractivity contribution is -0.119. The van der Waals surface area contributed by atoms with E-state index in [4.69, 9.17) is 5.73 Å². The number of halogens is 1. The normalized spacial score (nSPS) is 22.4. The number of carbonyl (C=O) groups excluding carboxylic acids is 2. The van der Waals surface area contributed by atoms with Crippen molar-refractivity contribution < 1.29 is 14.0 Å². The average molecular weight is 510 g/mol. The SMILES string of the molecule is C[C@@H]1c2ccccc2CCN1C(=O)c1cc(C2CC2)n2nc(-c3ccc([C@@H]4C[C@H]4C(N)=O)cc3F)nc2c1. The number of benzene rings is 2. The molecule has 0 radical (unpaired) electrons. The second kappa shape index (κ2) is 8.48. The summed E-state index contributed by atoms with van der Waals surface area (Å²) in [5.41, 5.74) is 11.0. The first-order valence-corrected chi connectivity index (χ1v) is 13.3. The number of pyridine rings is 1. The van der Waals surface area contributed by atoms with Gasteiger partial charge in [-0.3, -0.25) is 9.59 Å². The van der Waals surface area contributed by atoms with E-state index in [1.807, 2.05) is 29.2 Å². The average Bonchev–Trinajstić information content (AvgIpc) is 3.84. The Kier molecular flexibility index (Phi) is 5.15. The van der Waals surface area contributed by atoms with Gasteiger partial charge in [0.15, 0.2) is 11.5 Å². The topological polar surface area (TPSA) is 93.6 Å². The summed E-state index contributed by atoms with van der Waals surface area (Å²) in [5, 5.41) is 4.66. The van der Waals surface area contributed by atoms with Gasteiger partial charge in [0.2, 0.25) is 5.91 Å². The number of rotatable bonds is 5. The molecule has 7 nitrogen and oxygen atoms in total. The van der Waals surface area contributed by atoms with E-state index in [1.54, 1.807) is 16.6 Å². The van der Waals surface area contributed by atoms with Crippen molar-refractivity contribution in [3.8, 4) is 11.4 Å². The number of hydrogen-bond donors (Lipinski definition) is 1. The van der Waals surface area contributed by atoms with Crippen LogP contribution in [0.3, 0.4) is 0 Å². The predicted octanol–water partition coefficient (Wildman–Crippen LogP) is 4.76. The molecule has 2 aliphatic carbocycles. The van der Waals surface area contributed by atoms with E-state index in [0.717, 1.165) is 30.5 Å². The molecule has 2 fully saturated rings. The maximum Gasteiger partial charge on any atom is 0.254 e. The number of aromatic nitrogens is 3. The van der Waals surface area contributed by atoms with Crippen LogP contribution in [-0.4, -0.2) is 37.9 Å². The number of carbonyl (C=O) groups is 2. The lowest BCUT2D eigenvalue weighted by Crippen LogP contribution is -2.38. The molecule has 0 unspecified atom stereocenters. The largest absolute Gasteiger partial charge is 0.369 e. The number of fused-ring (bicyclic) bond motifs is 2. The number of hydrogen-bond acceptors (Lipinski definition) is 4. The highest BCUT2D eigenvalue weighted by atomic mass is 19.1. The van der Waals surface area contributed by atoms with Gasteiger partial charge in [0.1, 0.15) is 5.82 Å². The quantitative estimate of drug-likeness (QED) is 0.420. The van der Waals surface area contributed by atoms with E-state index in [2.05, 4.69) is 29.1 Å². The minimum absolute atomic E-state index is 0.0188. The maximum atomic E-state index is 15.2. The number of amides is 2. The van der Waals surface area contributed by atoms with E-state index in [9.17, 15) is 9.59 Å². The molecule has 3 aliphatic rings. The summed E-state index contributed by atoms with van der Waals surface area (Å²) in [6, 6.07) is 16.9. The van der Waals surface area contributed by atoms with E-state index in [-0.39, 0.29) is 35.5 Å². The fraction of sp³-hybridized carbons (Fsp3) is 0.333. The third-order valence-corrected chi connectivity index (χ3v) is 8.38. The second-order valence-corrected chi connectivity index (χ2v) is 10.9. The summed E-state index contributed by atoms with van der Waals surface area (Å²) >= 11 is 0. The highest BCUT2D eigenvalue weighted by Gasteiger charge is 2.43. The summed E-state index contributed by atoms with van der Waals surface area (Å²) in [6.07, 6.45) is 3.54. The van der Waals surface area contributed by atoms with E-state index in [1.165, 1.54) is 17.2 Å². The van der Waals surface area contributed by atoms with Crippen LogP contribution in [-0.2, 0) is 11.2 Å². The first kappa shape index (κ1) is 23.1. The molecule has 2 aromatic heterocycles. The van der Waals surface area contributed by atoms with Gasteiger partial charge in [0.25, 0.3) is 5.91 Å². The van der Waals surface area contributed by atoms with Crippen molar-refractivity contribution in [3.05, 3.63) is 88.4 Å². The summed E-state index contributed by atoms with van der Waals surface area (Å²) in [5.74, 6) is -0.452. The second-order valence-electron chi connectivity index (χ2n) is 10.9. The molecule has 3 atom stereocenters. The molecule has 8 heteroatoms. The third kappa shape index (κ3) is 3.78. The van der Waals surface area contributed by atoms with Crippen molar-refractivity contribution in [1.82, 2.24) is 19.5 Å². The zero-order valence-corrected chi connectivity index (χ0v) is 21.1. The van der Waals surface area contributed by atoms with Gasteiger partial charge in [-0.2, -0.15) is 0 Å². The molecule has 7 rings (SSSR count). The van der Waals surface area contributed by atoms with Crippen LogP contribution >= 0.6 is 0 Å². The molecule has 2 N–H and O–H groups in total. The molecule has 3 heterocycles. The molecule has 192 valence electrons. The Morgan fingerprint density at radius 2 is 1.89 bits per heavy atom. The van der Waals surface area contributed by atoms with Crippen LogP contribution in [0, 0.1) is 11.7 Å². The molecule has 1 aliphatic heterocycles. The smallest absolute Gasteiger partial charge is 0.254 e. The van der Waals surface area contributed by atoms with Gasteiger partial charge in [0, 0.05) is 29.6 Å². The number of nitrogens with zero attached hydrogens (tertiary/aromatic N) is 4. The Morgan fingerprint density at radius 3 is 2.63 bits per heavy atom. The highest BCUT2D eigenvalue weighted by Crippen LogP contribution is 2.47. The van der Waals surface area contributed by atoms with Gasteiger partial charge in [-0.15, -0.1) is 5.10 Å². The van der Waals surface area contributed by atoms with Crippen molar-refractivity contribution in [1.29, 1.82) is 0 Å². The zero-order chi connectivity index (χ0) is 26.1. The summed E-state index contributed by atoms with van der Waals surface area (Å²) in [6.45, 7) is 2.74. The van der Waals surface area contributed by atoms with E-state index < -0.39 is 5.82 Å². The Labute approximate surface area is 219 Å². The fourth-order valence-electron chi connectivity index (χ4n) is 5.95. The number of nitrogens with two attached hydrogens (primary N) is 1. The lowest BCUT2D eigenvalue weighted by atomic mass is 9.93. The van der Waals surface area contributed by atoms with Gasteiger partial charge in [0.05, 0.1) is 11.6 Å². The van der Waals surface area contributed by atoms with Gasteiger partial charge in [-0.05, 0) is 79.5 Å². The Hall–Kier alpha value is -4.07. The van der Waals surface area contributed by atoms with Crippen LogP contribution < -0.4 is 5.73 Å². The molecular formula is C30H28FN5O2. The number of primary amides is 1. The van der Waals surface area contributed by atoms with Crippen molar-refractivity contribution in [2.24, 2.45) is 11.7 Å². The Bertz CT molecular complexity index is 1620. The summed E-state index contributed by atoms with van der Waals surface area (Å²) in [7, 11) is 0. The van der Waals surface area contributed by atoms with Crippen LogP contribution in [0.25, 0.3) is 17.0 Å². The molecule has 0 bridgehead atoms. The first-order valence-electron chi connectivity index (χ1n) is 13.3. The monoisotopic (exact) mass is 509 g/mol. The van der Waals surface area contributed by atoms with Crippen LogP contribution in [0.5, 0.6) is 0 Å². The highest BCUT2D eigenvalue weighted by molar-refractivity contribution is 5.96. The minimum atomic E-state index is -0.432. The van der Waals surface area contributed by atoms with Gasteiger partial charge < -0.3 is 10.6 Å². The molecule has 0 spiro atoms. The van der Waals surface area contributed by atoms with Crippen LogP contribution in [0.4, 0.5) is 4.39 Å². The summed E-state index contributed by atoms with van der Waals surface area (Å²) in [4.78, 5) is 31.8. The van der Waals surface area contributed by atoms with E-state index in [0.29, 0.717) is 35.7 Å². The summed E-state index contributed by atoms with van der Waals surface area (Å²) < 4.78 is 17.0. The maximum absolute atomic E-state index is 15.2. The molecule has 0 saturated heterocycles. The van der Waals surface area contributed by atoms with Crippen molar-refractivity contribution >= 4 is 17.5 Å². The third-order valence-electron chi connectivity index (χ3n) is 8.38. The van der Waals surface area contributed by atoms with Crippen molar-refractivity contribution in [2.75, 3.05) is 6.54 Å². The molecule has 2 aromatic carbocycles. The van der Waals surface area contributed by atoms with Gasteiger partial charge >= 0.3 is 0 Å².